The molecule has 0 aliphatic carbocycles. The predicted molar refractivity (Wildman–Crippen MR) is 75.6 cm³/mol. The normalized spacial score (nSPS) is 11.2. The largest absolute Gasteiger partial charge is 0.329 e. The minimum atomic E-state index is -0.538. The van der Waals surface area contributed by atoms with Crippen LogP contribution in [0.1, 0.15) is 11.1 Å². The smallest absolute Gasteiger partial charge is 0.184 e. The van der Waals surface area contributed by atoms with Crippen LogP contribution in [0.15, 0.2) is 24.4 Å². The van der Waals surface area contributed by atoms with E-state index in [1.807, 2.05) is 13.0 Å². The van der Waals surface area contributed by atoms with E-state index in [1.54, 1.807) is 6.20 Å². The molecule has 0 amide bonds. The van der Waals surface area contributed by atoms with E-state index in [4.69, 9.17) is 12.2 Å². The predicted octanol–water partition coefficient (Wildman–Crippen LogP) is 3.98. The van der Waals surface area contributed by atoms with Crippen LogP contribution in [0.3, 0.4) is 0 Å². The molecule has 2 heterocycles. The van der Waals surface area contributed by atoms with Crippen molar-refractivity contribution < 1.29 is 8.78 Å². The van der Waals surface area contributed by atoms with Crippen LogP contribution >= 0.6 is 12.2 Å². The monoisotopic (exact) mass is 291 g/mol. The Morgan fingerprint density at radius 3 is 2.65 bits per heavy atom. The summed E-state index contributed by atoms with van der Waals surface area (Å²) in [5, 5.41) is 0. The molecule has 20 heavy (non-hydrogen) atoms. The topological polar surface area (TPSA) is 33.6 Å². The zero-order valence-electron chi connectivity index (χ0n) is 10.9. The fourth-order valence-electron chi connectivity index (χ4n) is 2.16. The van der Waals surface area contributed by atoms with E-state index < -0.39 is 11.6 Å². The number of hydrogen-bond acceptors (Lipinski definition) is 2. The minimum absolute atomic E-state index is 0.0578. The molecule has 0 aliphatic rings. The van der Waals surface area contributed by atoms with Crippen LogP contribution in [-0.2, 0) is 0 Å². The molecule has 0 radical (unpaired) electrons. The van der Waals surface area contributed by atoms with Crippen molar-refractivity contribution in [1.29, 1.82) is 0 Å². The third-order valence-corrected chi connectivity index (χ3v) is 3.54. The summed E-state index contributed by atoms with van der Waals surface area (Å²) >= 11 is 5.21. The van der Waals surface area contributed by atoms with Gasteiger partial charge in [0.1, 0.15) is 11.6 Å². The molecule has 1 N–H and O–H groups in total. The molecule has 0 atom stereocenters. The van der Waals surface area contributed by atoms with Crippen molar-refractivity contribution in [3.8, 4) is 5.69 Å². The molecule has 0 saturated heterocycles. The second-order valence-corrected chi connectivity index (χ2v) is 5.03. The number of rotatable bonds is 1. The summed E-state index contributed by atoms with van der Waals surface area (Å²) in [6.07, 6.45) is 1.61. The molecule has 0 saturated carbocycles. The van der Waals surface area contributed by atoms with Gasteiger partial charge in [-0.2, -0.15) is 0 Å². The Bertz CT molecular complexity index is 880. The molecule has 0 fully saturated rings. The highest BCUT2D eigenvalue weighted by Crippen LogP contribution is 2.24. The summed E-state index contributed by atoms with van der Waals surface area (Å²) in [6, 6.07) is 4.11. The minimum Gasteiger partial charge on any atom is -0.329 e. The van der Waals surface area contributed by atoms with Gasteiger partial charge in [0.05, 0.1) is 11.2 Å². The third-order valence-electron chi connectivity index (χ3n) is 3.26. The number of benzene rings is 1. The number of nitrogens with one attached hydrogen (secondary N) is 1. The lowest BCUT2D eigenvalue weighted by atomic mass is 10.2. The van der Waals surface area contributed by atoms with Gasteiger partial charge < -0.3 is 4.98 Å². The van der Waals surface area contributed by atoms with Crippen molar-refractivity contribution in [3.05, 3.63) is 51.9 Å². The molecule has 2 aromatic heterocycles. The van der Waals surface area contributed by atoms with E-state index in [0.29, 0.717) is 5.65 Å². The fourth-order valence-corrected chi connectivity index (χ4v) is 2.44. The lowest BCUT2D eigenvalue weighted by Gasteiger charge is -2.07. The van der Waals surface area contributed by atoms with Crippen LogP contribution in [0.4, 0.5) is 8.78 Å². The van der Waals surface area contributed by atoms with Crippen molar-refractivity contribution in [1.82, 2.24) is 14.5 Å². The Hall–Kier alpha value is -2.08. The molecule has 3 aromatic rings. The Kier molecular flexibility index (Phi) is 2.90. The summed E-state index contributed by atoms with van der Waals surface area (Å²) in [7, 11) is 0. The van der Waals surface area contributed by atoms with Gasteiger partial charge in [0.25, 0.3) is 0 Å². The quantitative estimate of drug-likeness (QED) is 0.688. The third kappa shape index (κ3) is 1.84. The number of aromatic nitrogens is 3. The van der Waals surface area contributed by atoms with Crippen LogP contribution < -0.4 is 0 Å². The molecule has 1 aromatic carbocycles. The molecule has 0 bridgehead atoms. The van der Waals surface area contributed by atoms with Gasteiger partial charge >= 0.3 is 0 Å². The second-order valence-electron chi connectivity index (χ2n) is 4.64. The Morgan fingerprint density at radius 2 is 1.90 bits per heavy atom. The molecular formula is C14H11F2N3S. The average Bonchev–Trinajstić information content (AvgIpc) is 2.72. The van der Waals surface area contributed by atoms with E-state index in [2.05, 4.69) is 9.97 Å². The summed E-state index contributed by atoms with van der Waals surface area (Å²) in [4.78, 5) is 7.19. The first-order valence-electron chi connectivity index (χ1n) is 6.01. The molecular weight excluding hydrogens is 280 g/mol. The fraction of sp³-hybridized carbons (Fsp3) is 0.143. The molecule has 3 rings (SSSR count). The molecule has 0 aliphatic heterocycles. The number of aromatic amines is 1. The Morgan fingerprint density at radius 1 is 1.15 bits per heavy atom. The summed E-state index contributed by atoms with van der Waals surface area (Å²) < 4.78 is 29.5. The van der Waals surface area contributed by atoms with Gasteiger partial charge in [0, 0.05) is 12.3 Å². The van der Waals surface area contributed by atoms with Crippen molar-refractivity contribution in [2.24, 2.45) is 0 Å². The molecule has 0 unspecified atom stereocenters. The lowest BCUT2D eigenvalue weighted by molar-refractivity contribution is 0.586. The van der Waals surface area contributed by atoms with E-state index in [-0.39, 0.29) is 16.0 Å². The average molecular weight is 291 g/mol. The number of hydrogen-bond donors (Lipinski definition) is 1. The highest BCUT2D eigenvalue weighted by atomic mass is 32.1. The van der Waals surface area contributed by atoms with Crippen molar-refractivity contribution in [2.45, 2.75) is 13.8 Å². The molecule has 102 valence electrons. The molecule has 0 spiro atoms. The number of imidazole rings is 1. The van der Waals surface area contributed by atoms with E-state index in [9.17, 15) is 8.78 Å². The highest BCUT2D eigenvalue weighted by molar-refractivity contribution is 7.71. The zero-order valence-corrected chi connectivity index (χ0v) is 11.7. The van der Waals surface area contributed by atoms with Crippen LogP contribution in [0.2, 0.25) is 0 Å². The zero-order chi connectivity index (χ0) is 14.4. The lowest BCUT2D eigenvalue weighted by Crippen LogP contribution is -2.01. The van der Waals surface area contributed by atoms with Gasteiger partial charge in [-0.1, -0.05) is 0 Å². The van der Waals surface area contributed by atoms with Crippen molar-refractivity contribution in [2.75, 3.05) is 0 Å². The number of halogens is 2. The number of fused-ring (bicyclic) bond motifs is 1. The Labute approximate surface area is 118 Å². The molecule has 6 heteroatoms. The summed E-state index contributed by atoms with van der Waals surface area (Å²) in [5.74, 6) is -1.02. The maximum atomic E-state index is 14.1. The van der Waals surface area contributed by atoms with Gasteiger partial charge in [-0.25, -0.2) is 13.8 Å². The Balaban J connectivity index is 2.41. The van der Waals surface area contributed by atoms with Crippen molar-refractivity contribution in [3.63, 3.8) is 0 Å². The first kappa shape index (κ1) is 12.9. The van der Waals surface area contributed by atoms with Crippen LogP contribution in [0, 0.1) is 30.3 Å². The number of H-pyrrole nitrogens is 1. The summed E-state index contributed by atoms with van der Waals surface area (Å²) in [5.41, 5.74) is 2.45. The van der Waals surface area contributed by atoms with E-state index in [0.717, 1.165) is 23.2 Å². The van der Waals surface area contributed by atoms with Gasteiger partial charge in [0.15, 0.2) is 10.4 Å². The van der Waals surface area contributed by atoms with Crippen LogP contribution in [0.25, 0.3) is 16.9 Å². The van der Waals surface area contributed by atoms with E-state index in [1.165, 1.54) is 11.5 Å². The first-order valence-corrected chi connectivity index (χ1v) is 6.42. The molecule has 3 nitrogen and oxygen atoms in total. The number of nitrogens with zero attached hydrogens (tertiary/aromatic N) is 2. The standard InChI is InChI=1S/C14H11F2N3S/c1-7-3-4-17-13-12(7)18-14(20)19(13)11-6-9(15)8(2)5-10(11)16/h3-6H,1-2H3,(H,18,20). The first-order chi connectivity index (χ1) is 9.49. The maximum Gasteiger partial charge on any atom is 0.184 e. The highest BCUT2D eigenvalue weighted by Gasteiger charge is 2.15. The van der Waals surface area contributed by atoms with Gasteiger partial charge in [-0.3, -0.25) is 4.57 Å². The van der Waals surface area contributed by atoms with Gasteiger partial charge in [-0.05, 0) is 49.3 Å². The van der Waals surface area contributed by atoms with Crippen molar-refractivity contribution >= 4 is 23.4 Å². The SMILES string of the molecule is Cc1cc(F)c(-n2c(=S)[nH]c3c(C)ccnc32)cc1F. The van der Waals surface area contributed by atoms with Crippen LogP contribution in [0.5, 0.6) is 0 Å². The summed E-state index contributed by atoms with van der Waals surface area (Å²) in [6.45, 7) is 3.41. The van der Waals surface area contributed by atoms with E-state index >= 15 is 0 Å². The number of pyridine rings is 1. The van der Waals surface area contributed by atoms with Gasteiger partial charge in [-0.15, -0.1) is 0 Å². The van der Waals surface area contributed by atoms with Gasteiger partial charge in [0.2, 0.25) is 0 Å². The number of aryl methyl sites for hydroxylation is 2. The second kappa shape index (κ2) is 4.49. The maximum absolute atomic E-state index is 14.1. The van der Waals surface area contributed by atoms with Crippen LogP contribution in [-0.4, -0.2) is 14.5 Å².